The molecule has 0 amide bonds. The molecule has 0 aliphatic carbocycles. The summed E-state index contributed by atoms with van der Waals surface area (Å²) in [4.78, 5) is 7.23. The van der Waals surface area contributed by atoms with E-state index in [0.29, 0.717) is 12.6 Å². The second kappa shape index (κ2) is 9.01. The number of aromatic hydroxyl groups is 1. The van der Waals surface area contributed by atoms with Crippen LogP contribution in [0.25, 0.3) is 21.7 Å². The Morgan fingerprint density at radius 3 is 2.79 bits per heavy atom. The molecule has 0 spiro atoms. The van der Waals surface area contributed by atoms with Gasteiger partial charge in [0.05, 0.1) is 18.2 Å². The maximum absolute atomic E-state index is 10.3. The number of hydrogen-bond acceptors (Lipinski definition) is 4. The van der Waals surface area contributed by atoms with Gasteiger partial charge in [-0.25, -0.2) is 0 Å². The van der Waals surface area contributed by atoms with Crippen LogP contribution in [-0.2, 0) is 11.3 Å². The quantitative estimate of drug-likeness (QED) is 0.364. The van der Waals surface area contributed by atoms with Gasteiger partial charge in [-0.1, -0.05) is 55.8 Å². The Morgan fingerprint density at radius 2 is 1.94 bits per heavy atom. The molecule has 3 aliphatic rings. The first-order valence-electron chi connectivity index (χ1n) is 12.6. The van der Waals surface area contributed by atoms with Crippen molar-refractivity contribution in [2.75, 3.05) is 13.1 Å². The molecule has 4 unspecified atom stereocenters. The molecular formula is C30H32N2O2. The lowest BCUT2D eigenvalue weighted by atomic mass is 9.72. The molecule has 7 rings (SSSR count). The van der Waals surface area contributed by atoms with Crippen LogP contribution in [0, 0.1) is 11.8 Å². The number of benzene rings is 3. The molecule has 4 aromatic rings. The van der Waals surface area contributed by atoms with Crippen LogP contribution in [0.1, 0.15) is 43.4 Å². The van der Waals surface area contributed by atoms with Crippen LogP contribution in [0.2, 0.25) is 0 Å². The summed E-state index contributed by atoms with van der Waals surface area (Å²) in [5, 5.41) is 13.7. The first-order valence-corrected chi connectivity index (χ1v) is 12.6. The highest BCUT2D eigenvalue weighted by molar-refractivity contribution is 5.86. The van der Waals surface area contributed by atoms with Gasteiger partial charge in [-0.05, 0) is 77.4 Å². The van der Waals surface area contributed by atoms with E-state index < -0.39 is 0 Å². The van der Waals surface area contributed by atoms with Gasteiger partial charge in [0.15, 0.2) is 0 Å². The molecule has 3 aliphatic heterocycles. The number of piperidine rings is 3. The number of phenolic OH excluding ortho intramolecular Hbond substituents is 1. The molecular weight excluding hydrogens is 420 g/mol. The summed E-state index contributed by atoms with van der Waals surface area (Å²) in [5.41, 5.74) is 3.25. The fourth-order valence-corrected chi connectivity index (χ4v) is 6.37. The van der Waals surface area contributed by atoms with Crippen LogP contribution in [-0.4, -0.2) is 34.1 Å². The van der Waals surface area contributed by atoms with Crippen molar-refractivity contribution in [3.05, 3.63) is 84.1 Å². The molecule has 1 N–H and O–H groups in total. The fraction of sp³-hybridized carbons (Fsp3) is 0.367. The zero-order valence-corrected chi connectivity index (χ0v) is 19.7. The van der Waals surface area contributed by atoms with Gasteiger partial charge in [-0.3, -0.25) is 9.88 Å². The molecule has 3 fully saturated rings. The summed E-state index contributed by atoms with van der Waals surface area (Å²) in [7, 11) is 0. The lowest BCUT2D eigenvalue weighted by Gasteiger charge is -2.52. The van der Waals surface area contributed by atoms with Crippen molar-refractivity contribution in [1.82, 2.24) is 9.88 Å². The monoisotopic (exact) mass is 452 g/mol. The first-order chi connectivity index (χ1) is 16.7. The Labute approximate surface area is 201 Å². The van der Waals surface area contributed by atoms with Crippen LogP contribution < -0.4 is 0 Å². The number of aromatic nitrogens is 1. The van der Waals surface area contributed by atoms with Gasteiger partial charge in [0.25, 0.3) is 0 Å². The van der Waals surface area contributed by atoms with Crippen molar-refractivity contribution in [2.45, 2.75) is 44.9 Å². The highest BCUT2D eigenvalue weighted by atomic mass is 16.5. The molecule has 4 nitrogen and oxygen atoms in total. The molecule has 5 atom stereocenters. The predicted molar refractivity (Wildman–Crippen MR) is 137 cm³/mol. The van der Waals surface area contributed by atoms with Crippen molar-refractivity contribution in [2.24, 2.45) is 11.8 Å². The molecule has 0 saturated carbocycles. The smallest absolute Gasteiger partial charge is 0.116 e. The normalized spacial score (nSPS) is 25.1. The number of phenols is 1. The zero-order valence-electron chi connectivity index (χ0n) is 19.7. The number of fused-ring (bicyclic) bond motifs is 5. The van der Waals surface area contributed by atoms with Gasteiger partial charge < -0.3 is 9.84 Å². The maximum atomic E-state index is 10.3. The largest absolute Gasteiger partial charge is 0.508 e. The van der Waals surface area contributed by atoms with Gasteiger partial charge in [0.1, 0.15) is 5.75 Å². The first kappa shape index (κ1) is 21.6. The Morgan fingerprint density at radius 1 is 1.06 bits per heavy atom. The van der Waals surface area contributed by atoms with Gasteiger partial charge in [-0.2, -0.15) is 0 Å². The Kier molecular flexibility index (Phi) is 5.72. The standard InChI is InChI=1S/C30H32N2O2/c1-2-20-18-32-15-13-22(20)16-29(32)30(26-12-14-31-28-11-10-24(33)17-27(26)28)34-19-23-8-5-7-21-6-3-4-9-25(21)23/h3-12,14,17,20,22,29-30,33H,2,13,15-16,18-19H2,1H3/t20?,22?,29?,30-/m0/s1. The van der Waals surface area contributed by atoms with Crippen LogP contribution >= 0.6 is 0 Å². The van der Waals surface area contributed by atoms with Crippen LogP contribution in [0.3, 0.4) is 0 Å². The zero-order chi connectivity index (χ0) is 23.1. The van der Waals surface area contributed by atoms with E-state index in [2.05, 4.69) is 65.3 Å². The topological polar surface area (TPSA) is 45.6 Å². The SMILES string of the molecule is CCC1CN2CCC1CC2[C@@H](OCc1cccc2ccccc12)c1ccnc2ccc(O)cc12. The minimum Gasteiger partial charge on any atom is -0.508 e. The number of pyridine rings is 1. The maximum Gasteiger partial charge on any atom is 0.116 e. The summed E-state index contributed by atoms with van der Waals surface area (Å²) in [6, 6.07) is 22.9. The predicted octanol–water partition coefficient (Wildman–Crippen LogP) is 6.47. The third-order valence-corrected chi connectivity index (χ3v) is 8.17. The van der Waals surface area contributed by atoms with E-state index in [1.54, 1.807) is 6.07 Å². The minimum atomic E-state index is -0.0770. The number of hydrogen-bond donors (Lipinski definition) is 1. The third-order valence-electron chi connectivity index (χ3n) is 8.17. The van der Waals surface area contributed by atoms with Gasteiger partial charge in [-0.15, -0.1) is 0 Å². The van der Waals surface area contributed by atoms with E-state index in [1.165, 1.54) is 35.6 Å². The van der Waals surface area contributed by atoms with Crippen LogP contribution in [0.15, 0.2) is 72.9 Å². The van der Waals surface area contributed by atoms with Crippen molar-refractivity contribution in [3.8, 4) is 5.75 Å². The molecule has 1 aromatic heterocycles. The van der Waals surface area contributed by atoms with Crippen LogP contribution in [0.5, 0.6) is 5.75 Å². The molecule has 34 heavy (non-hydrogen) atoms. The highest BCUT2D eigenvalue weighted by Gasteiger charge is 2.43. The van der Waals surface area contributed by atoms with Crippen molar-refractivity contribution < 1.29 is 9.84 Å². The Hall–Kier alpha value is -2.95. The van der Waals surface area contributed by atoms with Crippen LogP contribution in [0.4, 0.5) is 0 Å². The van der Waals surface area contributed by atoms with Crippen molar-refractivity contribution in [1.29, 1.82) is 0 Å². The second-order valence-electron chi connectivity index (χ2n) is 9.99. The average Bonchev–Trinajstić information content (AvgIpc) is 2.89. The van der Waals surface area contributed by atoms with E-state index in [0.717, 1.165) is 41.4 Å². The fourth-order valence-electron chi connectivity index (χ4n) is 6.37. The number of ether oxygens (including phenoxy) is 1. The van der Waals surface area contributed by atoms with Gasteiger partial charge >= 0.3 is 0 Å². The Bertz CT molecular complexity index is 1310. The summed E-state index contributed by atoms with van der Waals surface area (Å²) < 4.78 is 6.88. The molecule has 4 heterocycles. The summed E-state index contributed by atoms with van der Waals surface area (Å²) in [5.74, 6) is 1.83. The molecule has 2 bridgehead atoms. The second-order valence-corrected chi connectivity index (χ2v) is 9.99. The molecule has 4 heteroatoms. The summed E-state index contributed by atoms with van der Waals surface area (Å²) in [6.45, 7) is 5.19. The minimum absolute atomic E-state index is 0.0770. The molecule has 3 saturated heterocycles. The summed E-state index contributed by atoms with van der Waals surface area (Å²) >= 11 is 0. The van der Waals surface area contributed by atoms with E-state index in [4.69, 9.17) is 4.74 Å². The Balaban J connectivity index is 1.39. The molecule has 174 valence electrons. The lowest BCUT2D eigenvalue weighted by molar-refractivity contribution is -0.0877. The lowest BCUT2D eigenvalue weighted by Crippen LogP contribution is -2.55. The highest BCUT2D eigenvalue weighted by Crippen LogP contribution is 2.44. The van der Waals surface area contributed by atoms with Crippen molar-refractivity contribution >= 4 is 21.7 Å². The molecule has 0 radical (unpaired) electrons. The van der Waals surface area contributed by atoms with E-state index in [1.807, 2.05) is 18.3 Å². The van der Waals surface area contributed by atoms with E-state index in [-0.39, 0.29) is 11.9 Å². The number of nitrogens with zero attached hydrogens (tertiary/aromatic N) is 2. The average molecular weight is 453 g/mol. The van der Waals surface area contributed by atoms with E-state index >= 15 is 0 Å². The third kappa shape index (κ3) is 3.85. The number of rotatable bonds is 6. The van der Waals surface area contributed by atoms with Crippen molar-refractivity contribution in [3.63, 3.8) is 0 Å². The molecule has 3 aromatic carbocycles. The summed E-state index contributed by atoms with van der Waals surface area (Å²) in [6.07, 6.45) is 5.52. The van der Waals surface area contributed by atoms with Gasteiger partial charge in [0, 0.05) is 24.2 Å². The van der Waals surface area contributed by atoms with E-state index in [9.17, 15) is 5.11 Å². The van der Waals surface area contributed by atoms with Gasteiger partial charge in [0.2, 0.25) is 0 Å².